The number of esters is 1. The third-order valence-corrected chi connectivity index (χ3v) is 2.90. The number of rotatable bonds is 5. The van der Waals surface area contributed by atoms with Crippen molar-refractivity contribution in [3.63, 3.8) is 0 Å². The van der Waals surface area contributed by atoms with E-state index < -0.39 is 5.97 Å². The second-order valence-corrected chi connectivity index (χ2v) is 4.16. The molecule has 0 saturated heterocycles. The van der Waals surface area contributed by atoms with Crippen molar-refractivity contribution in [3.8, 4) is 0 Å². The van der Waals surface area contributed by atoms with E-state index in [0.717, 1.165) is 11.1 Å². The number of hydrogen-bond donors (Lipinski definition) is 1. The zero-order chi connectivity index (χ0) is 13.7. The summed E-state index contributed by atoms with van der Waals surface area (Å²) in [4.78, 5) is 15.5. The molecule has 5 heteroatoms. The first-order valence-corrected chi connectivity index (χ1v) is 6.00. The highest BCUT2D eigenvalue weighted by Crippen LogP contribution is 2.15. The quantitative estimate of drug-likeness (QED) is 0.836. The molecule has 0 spiro atoms. The van der Waals surface area contributed by atoms with Crippen LogP contribution in [0.5, 0.6) is 0 Å². The maximum Gasteiger partial charge on any atom is 0.374 e. The number of furan rings is 1. The summed E-state index contributed by atoms with van der Waals surface area (Å²) in [6, 6.07) is 5.79. The van der Waals surface area contributed by atoms with E-state index in [-0.39, 0.29) is 11.8 Å². The molecule has 0 unspecified atom stereocenters. The summed E-state index contributed by atoms with van der Waals surface area (Å²) in [6.07, 6.45) is 5.04. The highest BCUT2D eigenvalue weighted by molar-refractivity contribution is 5.87. The van der Waals surface area contributed by atoms with Crippen molar-refractivity contribution < 1.29 is 13.9 Å². The highest BCUT2D eigenvalue weighted by Gasteiger charge is 2.16. The molecule has 1 N–H and O–H groups in total. The lowest BCUT2D eigenvalue weighted by molar-refractivity contribution is 0.0563. The van der Waals surface area contributed by atoms with Gasteiger partial charge in [-0.15, -0.1) is 0 Å². The molecule has 2 aromatic heterocycles. The van der Waals surface area contributed by atoms with Crippen LogP contribution in [0.2, 0.25) is 0 Å². The SMILES string of the molecule is COC(=O)c1occc1CN[C@H](C)c1cccnc1. The standard InChI is InChI=1S/C14H16N2O3/c1-10(11-4-3-6-15-8-11)16-9-12-5-7-19-13(12)14(17)18-2/h3-8,10,16H,9H2,1-2H3/t10-/m1/s1. The van der Waals surface area contributed by atoms with E-state index in [0.29, 0.717) is 6.54 Å². The molecule has 0 bridgehead atoms. The van der Waals surface area contributed by atoms with Gasteiger partial charge in [0.1, 0.15) is 0 Å². The number of ether oxygens (including phenoxy) is 1. The van der Waals surface area contributed by atoms with E-state index in [9.17, 15) is 4.79 Å². The van der Waals surface area contributed by atoms with E-state index in [2.05, 4.69) is 15.0 Å². The third kappa shape index (κ3) is 3.20. The van der Waals surface area contributed by atoms with Crippen LogP contribution in [0.1, 0.15) is 34.6 Å². The largest absolute Gasteiger partial charge is 0.463 e. The highest BCUT2D eigenvalue weighted by atomic mass is 16.5. The van der Waals surface area contributed by atoms with Crippen LogP contribution in [0, 0.1) is 0 Å². The molecule has 0 aliphatic rings. The van der Waals surface area contributed by atoms with Crippen molar-refractivity contribution in [1.29, 1.82) is 0 Å². The number of nitrogens with one attached hydrogen (secondary N) is 1. The number of aromatic nitrogens is 1. The van der Waals surface area contributed by atoms with E-state index >= 15 is 0 Å². The molecule has 0 aliphatic heterocycles. The molecule has 100 valence electrons. The molecular weight excluding hydrogens is 244 g/mol. The number of carbonyl (C=O) groups excluding carboxylic acids is 1. The second-order valence-electron chi connectivity index (χ2n) is 4.16. The van der Waals surface area contributed by atoms with Gasteiger partial charge in [-0.2, -0.15) is 0 Å². The third-order valence-electron chi connectivity index (χ3n) is 2.90. The van der Waals surface area contributed by atoms with Crippen LogP contribution in [0.25, 0.3) is 0 Å². The topological polar surface area (TPSA) is 64.4 Å². The van der Waals surface area contributed by atoms with Gasteiger partial charge in [0.05, 0.1) is 13.4 Å². The summed E-state index contributed by atoms with van der Waals surface area (Å²) in [6.45, 7) is 2.56. The van der Waals surface area contributed by atoms with Gasteiger partial charge in [-0.05, 0) is 24.6 Å². The number of pyridine rings is 1. The lowest BCUT2D eigenvalue weighted by atomic mass is 10.1. The van der Waals surface area contributed by atoms with Crippen LogP contribution in [-0.2, 0) is 11.3 Å². The summed E-state index contributed by atoms with van der Waals surface area (Å²) in [5, 5.41) is 3.31. The van der Waals surface area contributed by atoms with Crippen LogP contribution in [-0.4, -0.2) is 18.1 Å². The molecule has 0 aliphatic carbocycles. The zero-order valence-corrected chi connectivity index (χ0v) is 10.9. The normalized spacial score (nSPS) is 12.1. The first kappa shape index (κ1) is 13.3. The Bertz CT molecular complexity index is 537. The van der Waals surface area contributed by atoms with Gasteiger partial charge < -0.3 is 14.5 Å². The Kier molecular flexibility index (Phi) is 4.30. The van der Waals surface area contributed by atoms with Crippen LogP contribution >= 0.6 is 0 Å². The Morgan fingerprint density at radius 1 is 1.53 bits per heavy atom. The maximum absolute atomic E-state index is 11.5. The van der Waals surface area contributed by atoms with Gasteiger partial charge in [-0.1, -0.05) is 6.07 Å². The Morgan fingerprint density at radius 2 is 2.37 bits per heavy atom. The molecule has 0 saturated carbocycles. The van der Waals surface area contributed by atoms with Gasteiger partial charge in [0.2, 0.25) is 5.76 Å². The van der Waals surface area contributed by atoms with Crippen molar-refractivity contribution in [1.82, 2.24) is 10.3 Å². The molecule has 2 rings (SSSR count). The molecule has 1 atom stereocenters. The van der Waals surface area contributed by atoms with Crippen LogP contribution in [0.4, 0.5) is 0 Å². The molecule has 2 heterocycles. The number of methoxy groups -OCH3 is 1. The molecule has 19 heavy (non-hydrogen) atoms. The van der Waals surface area contributed by atoms with Crippen molar-refractivity contribution in [2.75, 3.05) is 7.11 Å². The molecule has 0 aromatic carbocycles. The van der Waals surface area contributed by atoms with E-state index in [1.165, 1.54) is 13.4 Å². The minimum absolute atomic E-state index is 0.133. The first-order valence-electron chi connectivity index (χ1n) is 6.00. The predicted molar refractivity (Wildman–Crippen MR) is 69.5 cm³/mol. The van der Waals surface area contributed by atoms with Gasteiger partial charge in [0, 0.05) is 30.5 Å². The van der Waals surface area contributed by atoms with E-state index in [1.54, 1.807) is 12.3 Å². The number of hydrogen-bond acceptors (Lipinski definition) is 5. The number of nitrogens with zero attached hydrogens (tertiary/aromatic N) is 1. The zero-order valence-electron chi connectivity index (χ0n) is 10.9. The minimum Gasteiger partial charge on any atom is -0.463 e. The fourth-order valence-corrected chi connectivity index (χ4v) is 1.76. The Hall–Kier alpha value is -2.14. The summed E-state index contributed by atoms with van der Waals surface area (Å²) in [5.41, 5.74) is 1.87. The van der Waals surface area contributed by atoms with Crippen molar-refractivity contribution in [2.24, 2.45) is 0 Å². The Morgan fingerprint density at radius 3 is 3.05 bits per heavy atom. The maximum atomic E-state index is 11.5. The average Bonchev–Trinajstić information content (AvgIpc) is 2.93. The van der Waals surface area contributed by atoms with E-state index in [1.807, 2.05) is 25.3 Å². The fraction of sp³-hybridized carbons (Fsp3) is 0.286. The lowest BCUT2D eigenvalue weighted by Gasteiger charge is -2.13. The van der Waals surface area contributed by atoms with Gasteiger partial charge in [-0.25, -0.2) is 4.79 Å². The summed E-state index contributed by atoms with van der Waals surface area (Å²) >= 11 is 0. The second kappa shape index (κ2) is 6.15. The van der Waals surface area contributed by atoms with Crippen LogP contribution in [0.15, 0.2) is 41.3 Å². The molecular formula is C14H16N2O3. The molecule has 0 radical (unpaired) electrons. The van der Waals surface area contributed by atoms with Crippen molar-refractivity contribution in [3.05, 3.63) is 53.7 Å². The van der Waals surface area contributed by atoms with Gasteiger partial charge in [0.15, 0.2) is 0 Å². The monoisotopic (exact) mass is 260 g/mol. The molecule has 5 nitrogen and oxygen atoms in total. The van der Waals surface area contributed by atoms with Crippen molar-refractivity contribution >= 4 is 5.97 Å². The van der Waals surface area contributed by atoms with Crippen LogP contribution in [0.3, 0.4) is 0 Å². The van der Waals surface area contributed by atoms with Crippen molar-refractivity contribution in [2.45, 2.75) is 19.5 Å². The number of carbonyl (C=O) groups is 1. The van der Waals surface area contributed by atoms with E-state index in [4.69, 9.17) is 4.42 Å². The lowest BCUT2D eigenvalue weighted by Crippen LogP contribution is -2.19. The smallest absolute Gasteiger partial charge is 0.374 e. The Labute approximate surface area is 111 Å². The Balaban J connectivity index is 2.00. The minimum atomic E-state index is -0.462. The van der Waals surface area contributed by atoms with Crippen LogP contribution < -0.4 is 5.32 Å². The van der Waals surface area contributed by atoms with Gasteiger partial charge in [-0.3, -0.25) is 4.98 Å². The first-order chi connectivity index (χ1) is 9.22. The predicted octanol–water partition coefficient (Wildman–Crippen LogP) is 2.31. The average molecular weight is 260 g/mol. The molecule has 0 fully saturated rings. The molecule has 2 aromatic rings. The summed E-state index contributed by atoms with van der Waals surface area (Å²) < 4.78 is 9.78. The van der Waals surface area contributed by atoms with Gasteiger partial charge in [0.25, 0.3) is 0 Å². The fourth-order valence-electron chi connectivity index (χ4n) is 1.76. The molecule has 0 amide bonds. The van der Waals surface area contributed by atoms with Gasteiger partial charge >= 0.3 is 5.97 Å². The summed E-state index contributed by atoms with van der Waals surface area (Å²) in [7, 11) is 1.33. The summed E-state index contributed by atoms with van der Waals surface area (Å²) in [5.74, 6) is -0.218.